The van der Waals surface area contributed by atoms with Crippen LogP contribution in [0.3, 0.4) is 0 Å². The summed E-state index contributed by atoms with van der Waals surface area (Å²) in [6.07, 6.45) is 2.33. The van der Waals surface area contributed by atoms with Gasteiger partial charge in [-0.1, -0.05) is 12.1 Å². The largest absolute Gasteiger partial charge is 0.379 e. The Kier molecular flexibility index (Phi) is 6.01. The van der Waals surface area contributed by atoms with Crippen molar-refractivity contribution in [3.63, 3.8) is 0 Å². The molecule has 1 aromatic carbocycles. The number of likely N-dealkylation sites (tertiary alicyclic amines) is 1. The Morgan fingerprint density at radius 2 is 1.86 bits per heavy atom. The minimum atomic E-state index is 0.420. The maximum atomic E-state index is 8.96. The van der Waals surface area contributed by atoms with Gasteiger partial charge in [-0.25, -0.2) is 0 Å². The van der Waals surface area contributed by atoms with Crippen LogP contribution < -0.4 is 0 Å². The molecule has 2 aromatic rings. The topological polar surface area (TPSA) is 70.2 Å². The molecule has 0 saturated carbocycles. The van der Waals surface area contributed by atoms with Gasteiger partial charge in [-0.3, -0.25) is 9.80 Å². The van der Waals surface area contributed by atoms with Crippen molar-refractivity contribution >= 4 is 0 Å². The molecular weight excluding hydrogens is 352 g/mol. The van der Waals surface area contributed by atoms with Gasteiger partial charge in [0.2, 0.25) is 0 Å². The molecule has 28 heavy (non-hydrogen) atoms. The minimum Gasteiger partial charge on any atom is -0.379 e. The summed E-state index contributed by atoms with van der Waals surface area (Å²) >= 11 is 0. The molecule has 1 atom stereocenters. The van der Waals surface area contributed by atoms with Gasteiger partial charge in [0.05, 0.1) is 31.4 Å². The van der Waals surface area contributed by atoms with Crippen LogP contribution in [0, 0.1) is 11.3 Å². The average Bonchev–Trinajstić information content (AvgIpc) is 3.10. The number of hydrogen-bond donors (Lipinski definition) is 0. The van der Waals surface area contributed by atoms with E-state index in [0.717, 1.165) is 70.6 Å². The van der Waals surface area contributed by atoms with E-state index in [1.807, 2.05) is 12.1 Å². The molecular formula is C21H28N6O. The molecule has 0 spiro atoms. The Morgan fingerprint density at radius 1 is 1.07 bits per heavy atom. The van der Waals surface area contributed by atoms with E-state index in [1.54, 1.807) is 0 Å². The fraction of sp³-hybridized carbons (Fsp3) is 0.571. The van der Waals surface area contributed by atoms with Gasteiger partial charge in [0, 0.05) is 39.1 Å². The molecule has 0 aliphatic carbocycles. The standard InChI is InChI=1S/C21H28N6O/c1-25-20(16-26-9-11-28-12-10-26)23-24-21(25)19-3-2-8-27(15-19)14-18-6-4-17(13-22)5-7-18/h4-7,19H,2-3,8-12,14-16H2,1H3/t19-/m0/s1. The molecule has 7 heteroatoms. The zero-order valence-corrected chi connectivity index (χ0v) is 16.5. The summed E-state index contributed by atoms with van der Waals surface area (Å²) in [5.41, 5.74) is 1.97. The Balaban J connectivity index is 1.39. The lowest BCUT2D eigenvalue weighted by Gasteiger charge is -2.32. The minimum absolute atomic E-state index is 0.420. The summed E-state index contributed by atoms with van der Waals surface area (Å²) in [6, 6.07) is 10.1. The Morgan fingerprint density at radius 3 is 2.61 bits per heavy atom. The van der Waals surface area contributed by atoms with Crippen molar-refractivity contribution in [2.45, 2.75) is 31.8 Å². The van der Waals surface area contributed by atoms with Gasteiger partial charge < -0.3 is 9.30 Å². The maximum Gasteiger partial charge on any atom is 0.146 e. The van der Waals surface area contributed by atoms with Crippen molar-refractivity contribution < 1.29 is 4.74 Å². The molecule has 0 radical (unpaired) electrons. The number of piperidine rings is 1. The van der Waals surface area contributed by atoms with E-state index in [9.17, 15) is 0 Å². The number of hydrogen-bond acceptors (Lipinski definition) is 6. The normalized spacial score (nSPS) is 21.5. The van der Waals surface area contributed by atoms with Crippen LogP contribution in [0.2, 0.25) is 0 Å². The van der Waals surface area contributed by atoms with Gasteiger partial charge >= 0.3 is 0 Å². The number of aromatic nitrogens is 3. The fourth-order valence-electron chi connectivity index (χ4n) is 4.18. The highest BCUT2D eigenvalue weighted by Crippen LogP contribution is 2.27. The first-order chi connectivity index (χ1) is 13.7. The molecule has 4 rings (SSSR count). The molecule has 0 bridgehead atoms. The van der Waals surface area contributed by atoms with Crippen LogP contribution in [0.1, 0.15) is 41.5 Å². The molecule has 3 heterocycles. The highest BCUT2D eigenvalue weighted by molar-refractivity contribution is 5.31. The van der Waals surface area contributed by atoms with E-state index >= 15 is 0 Å². The third-order valence-corrected chi connectivity index (χ3v) is 5.83. The van der Waals surface area contributed by atoms with Crippen LogP contribution in [0.15, 0.2) is 24.3 Å². The van der Waals surface area contributed by atoms with Crippen LogP contribution in [-0.4, -0.2) is 64.0 Å². The van der Waals surface area contributed by atoms with E-state index in [0.29, 0.717) is 11.5 Å². The van der Waals surface area contributed by atoms with E-state index in [1.165, 1.54) is 12.0 Å². The highest BCUT2D eigenvalue weighted by atomic mass is 16.5. The van der Waals surface area contributed by atoms with Crippen LogP contribution in [0.4, 0.5) is 0 Å². The van der Waals surface area contributed by atoms with E-state index in [4.69, 9.17) is 10.00 Å². The van der Waals surface area contributed by atoms with Crippen molar-refractivity contribution in [1.82, 2.24) is 24.6 Å². The fourth-order valence-corrected chi connectivity index (χ4v) is 4.18. The summed E-state index contributed by atoms with van der Waals surface area (Å²) in [5, 5.41) is 18.0. The van der Waals surface area contributed by atoms with Gasteiger partial charge in [-0.2, -0.15) is 5.26 Å². The van der Waals surface area contributed by atoms with Crippen LogP contribution in [-0.2, 0) is 24.9 Å². The number of rotatable bonds is 5. The van der Waals surface area contributed by atoms with Crippen LogP contribution in [0.5, 0.6) is 0 Å². The van der Waals surface area contributed by atoms with Crippen molar-refractivity contribution in [2.75, 3.05) is 39.4 Å². The first-order valence-corrected chi connectivity index (χ1v) is 10.1. The molecule has 2 aliphatic rings. The molecule has 2 fully saturated rings. The second kappa shape index (κ2) is 8.82. The van der Waals surface area contributed by atoms with E-state index in [2.05, 4.69) is 49.8 Å². The molecule has 0 N–H and O–H groups in total. The summed E-state index contributed by atoms with van der Waals surface area (Å²) in [7, 11) is 2.10. The van der Waals surface area contributed by atoms with Gasteiger partial charge in [0.1, 0.15) is 11.6 Å². The number of ether oxygens (including phenoxy) is 1. The zero-order chi connectivity index (χ0) is 19.3. The summed E-state index contributed by atoms with van der Waals surface area (Å²) in [6.45, 7) is 7.40. The van der Waals surface area contributed by atoms with Crippen molar-refractivity contribution in [3.8, 4) is 6.07 Å². The zero-order valence-electron chi connectivity index (χ0n) is 16.5. The number of benzene rings is 1. The van der Waals surface area contributed by atoms with Gasteiger partial charge in [-0.05, 0) is 37.1 Å². The molecule has 7 nitrogen and oxygen atoms in total. The van der Waals surface area contributed by atoms with Gasteiger partial charge in [0.25, 0.3) is 0 Å². The number of nitriles is 1. The molecule has 2 aliphatic heterocycles. The quantitative estimate of drug-likeness (QED) is 0.789. The summed E-state index contributed by atoms with van der Waals surface area (Å²) in [4.78, 5) is 4.88. The molecule has 0 amide bonds. The highest BCUT2D eigenvalue weighted by Gasteiger charge is 2.26. The SMILES string of the molecule is Cn1c(CN2CCOCC2)nnc1[C@H]1CCCN(Cc2ccc(C#N)cc2)C1. The number of morpholine rings is 1. The third kappa shape index (κ3) is 4.41. The van der Waals surface area contributed by atoms with E-state index in [-0.39, 0.29) is 0 Å². The van der Waals surface area contributed by atoms with Crippen molar-refractivity contribution in [1.29, 1.82) is 5.26 Å². The lowest BCUT2D eigenvalue weighted by atomic mass is 9.96. The number of nitrogens with zero attached hydrogens (tertiary/aromatic N) is 6. The summed E-state index contributed by atoms with van der Waals surface area (Å²) < 4.78 is 7.64. The third-order valence-electron chi connectivity index (χ3n) is 5.83. The predicted octanol–water partition coefficient (Wildman–Crippen LogP) is 1.90. The predicted molar refractivity (Wildman–Crippen MR) is 106 cm³/mol. The van der Waals surface area contributed by atoms with Crippen LogP contribution >= 0.6 is 0 Å². The monoisotopic (exact) mass is 380 g/mol. The Bertz CT molecular complexity index is 818. The lowest BCUT2D eigenvalue weighted by Crippen LogP contribution is -2.36. The van der Waals surface area contributed by atoms with Gasteiger partial charge in [0.15, 0.2) is 0 Å². The molecule has 1 aromatic heterocycles. The molecule has 0 unspecified atom stereocenters. The van der Waals surface area contributed by atoms with Crippen molar-refractivity contribution in [2.24, 2.45) is 7.05 Å². The molecule has 2 saturated heterocycles. The second-order valence-electron chi connectivity index (χ2n) is 7.80. The van der Waals surface area contributed by atoms with Crippen LogP contribution in [0.25, 0.3) is 0 Å². The Labute approximate surface area is 166 Å². The lowest BCUT2D eigenvalue weighted by molar-refractivity contribution is 0.0326. The first-order valence-electron chi connectivity index (χ1n) is 10.1. The smallest absolute Gasteiger partial charge is 0.146 e. The van der Waals surface area contributed by atoms with E-state index < -0.39 is 0 Å². The second-order valence-corrected chi connectivity index (χ2v) is 7.80. The Hall–Kier alpha value is -2.27. The first kappa shape index (κ1) is 19.1. The molecule has 148 valence electrons. The maximum absolute atomic E-state index is 8.96. The average molecular weight is 380 g/mol. The van der Waals surface area contributed by atoms with Gasteiger partial charge in [-0.15, -0.1) is 10.2 Å². The summed E-state index contributed by atoms with van der Waals surface area (Å²) in [5.74, 6) is 2.57. The van der Waals surface area contributed by atoms with Crippen molar-refractivity contribution in [3.05, 3.63) is 47.0 Å².